The Balaban J connectivity index is 2.17. The van der Waals surface area contributed by atoms with E-state index in [1.54, 1.807) is 48.5 Å². The normalized spacial score (nSPS) is 11.5. The number of nitrogens with one attached hydrogen (secondary N) is 1. The van der Waals surface area contributed by atoms with E-state index in [-0.39, 0.29) is 18.0 Å². The first-order chi connectivity index (χ1) is 9.53. The van der Waals surface area contributed by atoms with Gasteiger partial charge in [-0.1, -0.05) is 41.9 Å². The quantitative estimate of drug-likeness (QED) is 0.890. The predicted molar refractivity (Wildman–Crippen MR) is 79.8 cm³/mol. The van der Waals surface area contributed by atoms with Crippen LogP contribution in [0.1, 0.15) is 11.1 Å². The van der Waals surface area contributed by atoms with Gasteiger partial charge in [-0.3, -0.25) is 0 Å². The molecule has 106 valence electrons. The summed E-state index contributed by atoms with van der Waals surface area (Å²) in [6.45, 7) is 0.385. The van der Waals surface area contributed by atoms with Crippen molar-refractivity contribution >= 4 is 21.6 Å². The third-order valence-corrected chi connectivity index (χ3v) is 4.62. The van der Waals surface area contributed by atoms with Crippen molar-refractivity contribution < 1.29 is 8.42 Å². The molecule has 0 unspecified atom stereocenters. The van der Waals surface area contributed by atoms with E-state index in [2.05, 4.69) is 4.72 Å². The van der Waals surface area contributed by atoms with Crippen LogP contribution in [0, 0.1) is 0 Å². The van der Waals surface area contributed by atoms with Crippen molar-refractivity contribution in [2.45, 2.75) is 18.0 Å². The van der Waals surface area contributed by atoms with Crippen LogP contribution < -0.4 is 10.5 Å². The van der Waals surface area contributed by atoms with Crippen molar-refractivity contribution in [2.24, 2.45) is 5.73 Å². The second-order valence-corrected chi connectivity index (χ2v) is 6.43. The second kappa shape index (κ2) is 6.37. The number of sulfonamides is 1. The Bertz CT molecular complexity index is 685. The molecule has 4 nitrogen and oxygen atoms in total. The Hall–Kier alpha value is -1.40. The fourth-order valence-corrected chi connectivity index (χ4v) is 3.19. The highest BCUT2D eigenvalue weighted by atomic mass is 35.5. The number of benzene rings is 2. The summed E-state index contributed by atoms with van der Waals surface area (Å²) in [5.74, 6) is 0. The Morgan fingerprint density at radius 3 is 2.35 bits per heavy atom. The minimum Gasteiger partial charge on any atom is -0.326 e. The molecular formula is C14H15ClN2O2S. The van der Waals surface area contributed by atoms with Gasteiger partial charge in [-0.2, -0.15) is 0 Å². The molecule has 0 spiro atoms. The van der Waals surface area contributed by atoms with E-state index in [1.807, 2.05) is 0 Å². The molecule has 0 amide bonds. The maximum Gasteiger partial charge on any atom is 0.241 e. The predicted octanol–water partition coefficient (Wildman–Crippen LogP) is 2.28. The smallest absolute Gasteiger partial charge is 0.241 e. The molecule has 0 saturated heterocycles. The minimum atomic E-state index is -3.57. The molecule has 0 heterocycles. The summed E-state index contributed by atoms with van der Waals surface area (Å²) in [5, 5.41) is 0.616. The molecule has 2 aromatic carbocycles. The lowest BCUT2D eigenvalue weighted by Crippen LogP contribution is -2.24. The summed E-state index contributed by atoms with van der Waals surface area (Å²) in [6, 6.07) is 13.7. The van der Waals surface area contributed by atoms with Crippen molar-refractivity contribution in [2.75, 3.05) is 0 Å². The van der Waals surface area contributed by atoms with Crippen LogP contribution >= 0.6 is 11.6 Å². The molecule has 0 bridgehead atoms. The van der Waals surface area contributed by atoms with Gasteiger partial charge in [-0.15, -0.1) is 0 Å². The zero-order valence-corrected chi connectivity index (χ0v) is 12.3. The maximum absolute atomic E-state index is 12.3. The third kappa shape index (κ3) is 3.58. The molecule has 0 saturated carbocycles. The van der Waals surface area contributed by atoms with Gasteiger partial charge in [0.2, 0.25) is 10.0 Å². The summed E-state index contributed by atoms with van der Waals surface area (Å²) < 4.78 is 27.1. The van der Waals surface area contributed by atoms with E-state index in [0.29, 0.717) is 10.6 Å². The molecule has 0 atom stereocenters. The largest absolute Gasteiger partial charge is 0.326 e. The molecule has 2 aromatic rings. The van der Waals surface area contributed by atoms with E-state index in [9.17, 15) is 8.42 Å². The van der Waals surface area contributed by atoms with E-state index < -0.39 is 10.0 Å². The third-order valence-electron chi connectivity index (χ3n) is 2.86. The monoisotopic (exact) mass is 310 g/mol. The van der Waals surface area contributed by atoms with Gasteiger partial charge in [0.1, 0.15) is 0 Å². The maximum atomic E-state index is 12.3. The van der Waals surface area contributed by atoms with E-state index in [4.69, 9.17) is 17.3 Å². The number of rotatable bonds is 5. The summed E-state index contributed by atoms with van der Waals surface area (Å²) in [6.07, 6.45) is 0. The summed E-state index contributed by atoms with van der Waals surface area (Å²) in [7, 11) is -3.57. The van der Waals surface area contributed by atoms with Crippen molar-refractivity contribution in [3.8, 4) is 0 Å². The van der Waals surface area contributed by atoms with E-state index in [0.717, 1.165) is 5.56 Å². The lowest BCUT2D eigenvalue weighted by atomic mass is 10.2. The van der Waals surface area contributed by atoms with Crippen LogP contribution in [-0.2, 0) is 23.1 Å². The van der Waals surface area contributed by atoms with Crippen LogP contribution in [0.2, 0.25) is 5.02 Å². The lowest BCUT2D eigenvalue weighted by Gasteiger charge is -2.10. The van der Waals surface area contributed by atoms with Gasteiger partial charge in [-0.25, -0.2) is 13.1 Å². The van der Waals surface area contributed by atoms with Gasteiger partial charge in [0, 0.05) is 18.1 Å². The number of nitrogens with two attached hydrogens (primary N) is 1. The second-order valence-electron chi connectivity index (χ2n) is 4.26. The van der Waals surface area contributed by atoms with Crippen molar-refractivity contribution in [3.63, 3.8) is 0 Å². The lowest BCUT2D eigenvalue weighted by molar-refractivity contribution is 0.580. The highest BCUT2D eigenvalue weighted by Gasteiger charge is 2.16. The van der Waals surface area contributed by atoms with E-state index >= 15 is 0 Å². The average molecular weight is 311 g/mol. The number of hydrogen-bond donors (Lipinski definition) is 2. The minimum absolute atomic E-state index is 0.179. The van der Waals surface area contributed by atoms with Gasteiger partial charge >= 0.3 is 0 Å². The average Bonchev–Trinajstić information content (AvgIpc) is 2.46. The molecule has 0 radical (unpaired) electrons. The standard InChI is InChI=1S/C14H15ClN2O2S/c15-13-7-5-11(6-8-13)10-17-20(18,19)14-4-2-1-3-12(14)9-16/h1-8,17H,9-10,16H2. The van der Waals surface area contributed by atoms with Crippen molar-refractivity contribution in [1.29, 1.82) is 0 Å². The molecule has 6 heteroatoms. The SMILES string of the molecule is NCc1ccccc1S(=O)(=O)NCc1ccc(Cl)cc1. The fourth-order valence-electron chi connectivity index (χ4n) is 1.79. The van der Waals surface area contributed by atoms with Crippen LogP contribution in [0.3, 0.4) is 0 Å². The molecule has 20 heavy (non-hydrogen) atoms. The zero-order valence-electron chi connectivity index (χ0n) is 10.7. The van der Waals surface area contributed by atoms with Crippen LogP contribution in [0.4, 0.5) is 0 Å². The molecule has 0 aliphatic heterocycles. The molecule has 0 fully saturated rings. The molecule has 3 N–H and O–H groups in total. The number of halogens is 1. The molecular weight excluding hydrogens is 296 g/mol. The summed E-state index contributed by atoms with van der Waals surface area (Å²) in [5.41, 5.74) is 6.99. The van der Waals surface area contributed by atoms with Gasteiger partial charge in [0.25, 0.3) is 0 Å². The van der Waals surface area contributed by atoms with Gasteiger partial charge in [0.05, 0.1) is 4.90 Å². The number of hydrogen-bond acceptors (Lipinski definition) is 3. The highest BCUT2D eigenvalue weighted by molar-refractivity contribution is 7.89. The Labute approximate surface area is 123 Å². The Morgan fingerprint density at radius 2 is 1.70 bits per heavy atom. The Morgan fingerprint density at radius 1 is 1.05 bits per heavy atom. The van der Waals surface area contributed by atoms with Gasteiger partial charge in [-0.05, 0) is 29.3 Å². The van der Waals surface area contributed by atoms with Crippen LogP contribution in [0.5, 0.6) is 0 Å². The highest BCUT2D eigenvalue weighted by Crippen LogP contribution is 2.15. The first-order valence-corrected chi connectivity index (χ1v) is 7.91. The molecule has 2 rings (SSSR count). The summed E-state index contributed by atoms with van der Waals surface area (Å²) in [4.78, 5) is 0.219. The van der Waals surface area contributed by atoms with Crippen LogP contribution in [0.25, 0.3) is 0 Å². The molecule has 0 aromatic heterocycles. The van der Waals surface area contributed by atoms with E-state index in [1.165, 1.54) is 0 Å². The first-order valence-electron chi connectivity index (χ1n) is 6.05. The van der Waals surface area contributed by atoms with Crippen LogP contribution in [-0.4, -0.2) is 8.42 Å². The van der Waals surface area contributed by atoms with Crippen molar-refractivity contribution in [3.05, 3.63) is 64.7 Å². The molecule has 0 aliphatic carbocycles. The van der Waals surface area contributed by atoms with Gasteiger partial charge in [0.15, 0.2) is 0 Å². The van der Waals surface area contributed by atoms with Crippen LogP contribution in [0.15, 0.2) is 53.4 Å². The zero-order chi connectivity index (χ0) is 14.6. The fraction of sp³-hybridized carbons (Fsp3) is 0.143. The first kappa shape index (κ1) is 15.0. The molecule has 0 aliphatic rings. The summed E-state index contributed by atoms with van der Waals surface area (Å²) >= 11 is 5.78. The van der Waals surface area contributed by atoms with Crippen molar-refractivity contribution in [1.82, 2.24) is 4.72 Å². The Kier molecular flexibility index (Phi) is 4.77. The topological polar surface area (TPSA) is 72.2 Å². The van der Waals surface area contributed by atoms with Gasteiger partial charge < -0.3 is 5.73 Å².